The number of amides is 1. The van der Waals surface area contributed by atoms with Crippen molar-refractivity contribution in [1.82, 2.24) is 5.32 Å². The summed E-state index contributed by atoms with van der Waals surface area (Å²) in [6.07, 6.45) is 69.0. The van der Waals surface area contributed by atoms with Gasteiger partial charge in [-0.2, -0.15) is 0 Å². The van der Waals surface area contributed by atoms with Crippen molar-refractivity contribution in [1.29, 1.82) is 0 Å². The third kappa shape index (κ3) is 52.1. The Balaban J connectivity index is 1.31. The van der Waals surface area contributed by atoms with Gasteiger partial charge in [-0.05, 0) is 44.9 Å². The molecule has 0 aromatic rings. The van der Waals surface area contributed by atoms with Crippen molar-refractivity contribution in [2.45, 2.75) is 529 Å². The molecule has 17 atom stereocenters. The van der Waals surface area contributed by atoms with Crippen molar-refractivity contribution in [3.05, 3.63) is 36.5 Å². The number of hydrogen-bond acceptors (Lipinski definition) is 18. The zero-order valence-electron chi connectivity index (χ0n) is 72.1. The number of unbranched alkanes of at least 4 members (excludes halogenated alkanes) is 59. The molecule has 17 unspecified atom stereocenters. The molecule has 113 heavy (non-hydrogen) atoms. The first-order chi connectivity index (χ1) is 55.3. The fourth-order valence-corrected chi connectivity index (χ4v) is 16.4. The molecule has 19 heteroatoms. The lowest BCUT2D eigenvalue weighted by Crippen LogP contribution is -2.66. The number of carbonyl (C=O) groups is 1. The van der Waals surface area contributed by atoms with E-state index in [0.29, 0.717) is 12.8 Å². The molecule has 0 saturated carbocycles. The molecule has 1 amide bonds. The molecule has 0 radical (unpaired) electrons. The van der Waals surface area contributed by atoms with Crippen molar-refractivity contribution in [2.24, 2.45) is 0 Å². The van der Waals surface area contributed by atoms with Crippen LogP contribution >= 0.6 is 0 Å². The van der Waals surface area contributed by atoms with Crippen LogP contribution in [0, 0.1) is 0 Å². The molecule has 3 aliphatic heterocycles. The zero-order valence-corrected chi connectivity index (χ0v) is 72.1. The number of hydrogen-bond donors (Lipinski definition) is 12. The van der Waals surface area contributed by atoms with Crippen molar-refractivity contribution in [3.8, 4) is 0 Å². The Morgan fingerprint density at radius 1 is 0.310 bits per heavy atom. The van der Waals surface area contributed by atoms with Crippen molar-refractivity contribution >= 4 is 5.91 Å². The quantitative estimate of drug-likeness (QED) is 0.0199. The van der Waals surface area contributed by atoms with Gasteiger partial charge < -0.3 is 89.9 Å². The van der Waals surface area contributed by atoms with E-state index in [2.05, 4.69) is 43.5 Å². The highest BCUT2D eigenvalue weighted by Gasteiger charge is 2.54. The van der Waals surface area contributed by atoms with Crippen molar-refractivity contribution in [2.75, 3.05) is 26.4 Å². The van der Waals surface area contributed by atoms with Gasteiger partial charge in [-0.1, -0.05) is 410 Å². The lowest BCUT2D eigenvalue weighted by Gasteiger charge is -2.48. The van der Waals surface area contributed by atoms with E-state index in [0.717, 1.165) is 44.9 Å². The molecule has 0 aliphatic carbocycles. The molecular weight excluding hydrogens is 1430 g/mol. The third-order valence-electron chi connectivity index (χ3n) is 23.9. The first kappa shape index (κ1) is 105. The topological polar surface area (TPSA) is 307 Å². The molecule has 3 saturated heterocycles. The van der Waals surface area contributed by atoms with Crippen LogP contribution in [0.4, 0.5) is 0 Å². The predicted octanol–water partition coefficient (Wildman–Crippen LogP) is 19.0. The number of aliphatic hydroxyl groups excluding tert-OH is 11. The number of nitrogens with one attached hydrogen (secondary N) is 1. The molecule has 0 aromatic carbocycles. The Kier molecular flexibility index (Phi) is 68.8. The summed E-state index contributed by atoms with van der Waals surface area (Å²) in [5, 5.41) is 121. The summed E-state index contributed by atoms with van der Waals surface area (Å²) in [6.45, 7) is 1.79. The molecule has 3 heterocycles. The molecule has 3 fully saturated rings. The highest BCUT2D eigenvalue weighted by atomic mass is 16.8. The van der Waals surface area contributed by atoms with E-state index in [1.807, 2.05) is 6.08 Å². The van der Waals surface area contributed by atoms with Gasteiger partial charge in [0, 0.05) is 6.42 Å². The van der Waals surface area contributed by atoms with Gasteiger partial charge in [0.05, 0.1) is 38.6 Å². The second-order valence-electron chi connectivity index (χ2n) is 34.2. The van der Waals surface area contributed by atoms with E-state index in [-0.39, 0.29) is 18.9 Å². The van der Waals surface area contributed by atoms with Crippen LogP contribution in [0.1, 0.15) is 425 Å². The lowest BCUT2D eigenvalue weighted by atomic mass is 9.96. The van der Waals surface area contributed by atoms with Gasteiger partial charge in [0.15, 0.2) is 18.9 Å². The van der Waals surface area contributed by atoms with Gasteiger partial charge in [0.25, 0.3) is 0 Å². The van der Waals surface area contributed by atoms with E-state index >= 15 is 0 Å². The van der Waals surface area contributed by atoms with E-state index in [9.17, 15) is 61.0 Å². The van der Waals surface area contributed by atoms with Crippen LogP contribution in [0.3, 0.4) is 0 Å². The monoisotopic (exact) mass is 1610 g/mol. The highest BCUT2D eigenvalue weighted by Crippen LogP contribution is 2.34. The SMILES string of the molecule is CCCCCCCCCCCCCCCCCCCCCCC/C=C/CC/C=C/CC/C=C/C(O)C(COC1OC(CO)C(OC2OC(CO)C(OC3OC(CO)C(O)C(O)C3O)C(O)C2O)C(O)C1O)NC(=O)CCCCCCCCCCCCCCCCCCCCCCCCCCCCCCCCCCCCCCC. The van der Waals surface area contributed by atoms with Crippen LogP contribution in [0.2, 0.25) is 0 Å². The maximum absolute atomic E-state index is 13.5. The van der Waals surface area contributed by atoms with E-state index in [4.69, 9.17) is 28.4 Å². The second-order valence-corrected chi connectivity index (χ2v) is 34.2. The van der Waals surface area contributed by atoms with Crippen LogP contribution in [-0.2, 0) is 33.2 Å². The molecule has 0 bridgehead atoms. The lowest BCUT2D eigenvalue weighted by molar-refractivity contribution is -0.379. The van der Waals surface area contributed by atoms with Gasteiger partial charge in [-0.25, -0.2) is 0 Å². The van der Waals surface area contributed by atoms with Gasteiger partial charge in [0.1, 0.15) is 73.2 Å². The largest absolute Gasteiger partial charge is 0.394 e. The molecule has 3 rings (SSSR count). The van der Waals surface area contributed by atoms with Gasteiger partial charge >= 0.3 is 0 Å². The third-order valence-corrected chi connectivity index (χ3v) is 23.9. The van der Waals surface area contributed by atoms with E-state index in [1.54, 1.807) is 6.08 Å². The van der Waals surface area contributed by atoms with Crippen molar-refractivity contribution in [3.63, 3.8) is 0 Å². The summed E-state index contributed by atoms with van der Waals surface area (Å²) in [6, 6.07) is -0.997. The van der Waals surface area contributed by atoms with Crippen LogP contribution < -0.4 is 5.32 Å². The molecule has 19 nitrogen and oxygen atoms in total. The van der Waals surface area contributed by atoms with Crippen LogP contribution in [-0.4, -0.2) is 193 Å². The van der Waals surface area contributed by atoms with Crippen LogP contribution in [0.25, 0.3) is 0 Å². The van der Waals surface area contributed by atoms with E-state index < -0.39 is 124 Å². The molecule has 0 spiro atoms. The zero-order chi connectivity index (χ0) is 81.7. The number of aliphatic hydroxyl groups is 11. The Morgan fingerprint density at radius 2 is 0.566 bits per heavy atom. The van der Waals surface area contributed by atoms with Gasteiger partial charge in [-0.15, -0.1) is 0 Å². The molecular formula is C94H177NO18. The first-order valence-electron chi connectivity index (χ1n) is 47.7. The highest BCUT2D eigenvalue weighted by molar-refractivity contribution is 5.76. The normalized spacial score (nSPS) is 24.9. The number of ether oxygens (including phenoxy) is 6. The van der Waals surface area contributed by atoms with Gasteiger partial charge in [-0.3, -0.25) is 4.79 Å². The summed E-state index contributed by atoms with van der Waals surface area (Å²) in [5.41, 5.74) is 0. The van der Waals surface area contributed by atoms with E-state index in [1.165, 1.54) is 347 Å². The average molecular weight is 1610 g/mol. The first-order valence-corrected chi connectivity index (χ1v) is 47.7. The Morgan fingerprint density at radius 3 is 0.885 bits per heavy atom. The number of carbonyl (C=O) groups excluding carboxylic acids is 1. The summed E-state index contributed by atoms with van der Waals surface area (Å²) in [7, 11) is 0. The second kappa shape index (κ2) is 73.9. The van der Waals surface area contributed by atoms with Crippen molar-refractivity contribution < 1.29 is 89.4 Å². The summed E-state index contributed by atoms with van der Waals surface area (Å²) < 4.78 is 34.5. The maximum Gasteiger partial charge on any atom is 0.220 e. The average Bonchev–Trinajstić information content (AvgIpc) is 0.777. The Labute approximate surface area is 689 Å². The minimum atomic E-state index is -1.98. The molecule has 12 N–H and O–H groups in total. The van der Waals surface area contributed by atoms with Crippen LogP contribution in [0.15, 0.2) is 36.5 Å². The fourth-order valence-electron chi connectivity index (χ4n) is 16.4. The minimum absolute atomic E-state index is 0.237. The summed E-state index contributed by atoms with van der Waals surface area (Å²) in [4.78, 5) is 13.5. The molecule has 3 aliphatic rings. The smallest absolute Gasteiger partial charge is 0.220 e. The maximum atomic E-state index is 13.5. The number of rotatable bonds is 79. The summed E-state index contributed by atoms with van der Waals surface area (Å²) >= 11 is 0. The molecule has 0 aromatic heterocycles. The fraction of sp³-hybridized carbons (Fsp3) is 0.926. The number of allylic oxidation sites excluding steroid dienone is 5. The summed E-state index contributed by atoms with van der Waals surface area (Å²) in [5.74, 6) is -0.280. The Bertz CT molecular complexity index is 2170. The minimum Gasteiger partial charge on any atom is -0.394 e. The molecule has 666 valence electrons. The van der Waals surface area contributed by atoms with Crippen LogP contribution in [0.5, 0.6) is 0 Å². The Hall–Kier alpha value is -1.99. The standard InChI is InChI=1S/C94H177NO18/c1-3-5-7-9-11-13-15-17-19-21-23-25-27-29-31-33-35-36-37-38-39-40-42-44-46-48-50-52-54-56-58-60-62-64-66-68-70-72-82(100)95-77(78(99)71-69-67-65-63-61-59-57-55-53-51-49-47-45-43-41-34-32-30-28-26-24-22-20-18-16-14-12-10-8-6-4-2)76-108-92-88(106)85(103)90(80(74-97)110-92)113-94-89(107)86(104)91(81(75-98)111-94)112-93-87(105)84(102)83(101)79(73-96)109-93/h53,55,61,63,69,71,77-81,83-94,96-99,101-107H,3-52,54,56-60,62,64-68,70,72-76H2,1-2H3,(H,95,100)/b55-53+,63-61+,71-69+. The van der Waals surface area contributed by atoms with Gasteiger partial charge in [0.2, 0.25) is 5.91 Å². The predicted molar refractivity (Wildman–Crippen MR) is 457 cm³/mol.